The molecule has 2 aromatic rings. The van der Waals surface area contributed by atoms with Crippen LogP contribution in [0, 0.1) is 6.92 Å². The molecule has 2 aromatic carbocycles. The van der Waals surface area contributed by atoms with Crippen molar-refractivity contribution in [2.75, 3.05) is 25.6 Å². The molecule has 1 heterocycles. The van der Waals surface area contributed by atoms with Crippen molar-refractivity contribution in [3.63, 3.8) is 0 Å². The van der Waals surface area contributed by atoms with Crippen LogP contribution in [0.1, 0.15) is 23.6 Å². The monoisotopic (exact) mass is 346 g/mol. The number of ether oxygens (including phenoxy) is 1. The highest BCUT2D eigenvalue weighted by Gasteiger charge is 2.29. The molecule has 0 fully saturated rings. The lowest BCUT2D eigenvalue weighted by molar-refractivity contribution is 0.401. The molecule has 1 aliphatic heterocycles. The molecule has 0 spiro atoms. The van der Waals surface area contributed by atoms with E-state index in [-0.39, 0.29) is 10.9 Å². The molecule has 3 rings (SSSR count). The summed E-state index contributed by atoms with van der Waals surface area (Å²) in [5.74, 6) is 0.356. The number of anilines is 1. The van der Waals surface area contributed by atoms with Gasteiger partial charge in [-0.15, -0.1) is 0 Å². The van der Waals surface area contributed by atoms with Crippen molar-refractivity contribution in [1.82, 2.24) is 4.72 Å². The molecule has 0 bridgehead atoms. The average Bonchev–Trinajstić information content (AvgIpc) is 2.57. The zero-order valence-electron chi connectivity index (χ0n) is 14.1. The Morgan fingerprint density at radius 3 is 2.71 bits per heavy atom. The second kappa shape index (κ2) is 6.45. The minimum absolute atomic E-state index is 0.182. The molecule has 1 N–H and O–H groups in total. The number of fused-ring (bicyclic) bond motifs is 1. The predicted molar refractivity (Wildman–Crippen MR) is 95.1 cm³/mol. The molecule has 1 aliphatic rings. The first kappa shape index (κ1) is 16.8. The number of nitrogens with one attached hydrogen (secondary N) is 1. The number of benzene rings is 2. The molecule has 0 radical (unpaired) electrons. The summed E-state index contributed by atoms with van der Waals surface area (Å²) in [6.45, 7) is 2.67. The molecule has 0 aromatic heterocycles. The predicted octanol–water partition coefficient (Wildman–Crippen LogP) is 2.86. The number of sulfonamides is 1. The van der Waals surface area contributed by atoms with E-state index >= 15 is 0 Å². The highest BCUT2D eigenvalue weighted by Crippen LogP contribution is 2.34. The molecule has 0 saturated heterocycles. The Morgan fingerprint density at radius 2 is 1.96 bits per heavy atom. The van der Waals surface area contributed by atoms with Gasteiger partial charge in [-0.2, -0.15) is 0 Å². The van der Waals surface area contributed by atoms with Gasteiger partial charge in [-0.25, -0.2) is 13.1 Å². The molecule has 0 aliphatic carbocycles. The number of hydrogen-bond donors (Lipinski definition) is 1. The quantitative estimate of drug-likeness (QED) is 0.925. The molecule has 6 heteroatoms. The lowest BCUT2D eigenvalue weighted by Gasteiger charge is -2.33. The van der Waals surface area contributed by atoms with Crippen LogP contribution in [-0.4, -0.2) is 29.1 Å². The normalized spacial score (nSPS) is 17.5. The van der Waals surface area contributed by atoms with Gasteiger partial charge >= 0.3 is 0 Å². The van der Waals surface area contributed by atoms with Gasteiger partial charge in [0.15, 0.2) is 0 Å². The smallest absolute Gasteiger partial charge is 0.244 e. The fourth-order valence-electron chi connectivity index (χ4n) is 3.10. The minimum atomic E-state index is -3.68. The summed E-state index contributed by atoms with van der Waals surface area (Å²) in [6.07, 6.45) is 0.723. The maximum atomic E-state index is 12.9. The SMILES string of the molecule is COc1ccc(C)cc1S(=O)(=O)NC1CCN(C)c2ccccc21. The van der Waals surface area contributed by atoms with E-state index in [1.807, 2.05) is 44.3 Å². The van der Waals surface area contributed by atoms with Crippen molar-refractivity contribution in [2.45, 2.75) is 24.3 Å². The Hall–Kier alpha value is -2.05. The second-order valence-corrected chi connectivity index (χ2v) is 7.78. The molecule has 24 heavy (non-hydrogen) atoms. The molecule has 0 saturated carbocycles. The van der Waals surface area contributed by atoms with Crippen LogP contribution in [0.15, 0.2) is 47.4 Å². The van der Waals surface area contributed by atoms with Gasteiger partial charge < -0.3 is 9.64 Å². The van der Waals surface area contributed by atoms with Gasteiger partial charge in [-0.3, -0.25) is 0 Å². The summed E-state index contributed by atoms with van der Waals surface area (Å²) in [5, 5.41) is 0. The van der Waals surface area contributed by atoms with Crippen molar-refractivity contribution in [3.05, 3.63) is 53.6 Å². The molecule has 1 atom stereocenters. The van der Waals surface area contributed by atoms with Crippen molar-refractivity contribution in [1.29, 1.82) is 0 Å². The standard InChI is InChI=1S/C18H22N2O3S/c1-13-8-9-17(23-3)18(12-13)24(21,22)19-15-10-11-20(2)16-7-5-4-6-14(15)16/h4-9,12,15,19H,10-11H2,1-3H3. The lowest BCUT2D eigenvalue weighted by Crippen LogP contribution is -2.36. The van der Waals surface area contributed by atoms with Gasteiger partial charge in [0.25, 0.3) is 0 Å². The number of rotatable bonds is 4. The largest absolute Gasteiger partial charge is 0.495 e. The van der Waals surface area contributed by atoms with Crippen LogP contribution < -0.4 is 14.4 Å². The summed E-state index contributed by atoms with van der Waals surface area (Å²) >= 11 is 0. The third kappa shape index (κ3) is 3.12. The van der Waals surface area contributed by atoms with Crippen molar-refractivity contribution in [3.8, 4) is 5.75 Å². The van der Waals surface area contributed by atoms with E-state index < -0.39 is 10.0 Å². The zero-order chi connectivity index (χ0) is 17.3. The molecule has 128 valence electrons. The number of hydrogen-bond acceptors (Lipinski definition) is 4. The number of nitrogens with zero attached hydrogens (tertiary/aromatic N) is 1. The van der Waals surface area contributed by atoms with E-state index in [2.05, 4.69) is 9.62 Å². The number of methoxy groups -OCH3 is 1. The molecule has 5 nitrogen and oxygen atoms in total. The van der Waals surface area contributed by atoms with Crippen molar-refractivity contribution in [2.24, 2.45) is 0 Å². The van der Waals surface area contributed by atoms with E-state index in [1.165, 1.54) is 7.11 Å². The highest BCUT2D eigenvalue weighted by molar-refractivity contribution is 7.89. The summed E-state index contributed by atoms with van der Waals surface area (Å²) in [4.78, 5) is 2.33. The second-order valence-electron chi connectivity index (χ2n) is 6.10. The number of para-hydroxylation sites is 1. The van der Waals surface area contributed by atoms with E-state index in [0.717, 1.165) is 29.8 Å². The van der Waals surface area contributed by atoms with Crippen LogP contribution in [0.2, 0.25) is 0 Å². The lowest BCUT2D eigenvalue weighted by atomic mass is 9.98. The van der Waals surface area contributed by atoms with Crippen molar-refractivity contribution >= 4 is 15.7 Å². The van der Waals surface area contributed by atoms with E-state index in [9.17, 15) is 8.42 Å². The minimum Gasteiger partial charge on any atom is -0.495 e. The van der Waals surface area contributed by atoms with Gasteiger partial charge in [0, 0.05) is 19.3 Å². The maximum Gasteiger partial charge on any atom is 0.244 e. The van der Waals surface area contributed by atoms with Crippen LogP contribution in [0.25, 0.3) is 0 Å². The topological polar surface area (TPSA) is 58.6 Å². The summed E-state index contributed by atoms with van der Waals surface area (Å²) in [7, 11) is -0.177. The fourth-order valence-corrected chi connectivity index (χ4v) is 4.60. The molecular formula is C18H22N2O3S. The third-order valence-corrected chi connectivity index (χ3v) is 5.88. The van der Waals surface area contributed by atoms with Gasteiger partial charge in [0.1, 0.15) is 10.6 Å². The van der Waals surface area contributed by atoms with Gasteiger partial charge in [0.05, 0.1) is 13.2 Å². The Balaban J connectivity index is 1.97. The van der Waals surface area contributed by atoms with Crippen LogP contribution in [0.5, 0.6) is 5.75 Å². The Labute approximate surface area is 143 Å². The Morgan fingerprint density at radius 1 is 1.21 bits per heavy atom. The first-order chi connectivity index (χ1) is 11.4. The summed E-state index contributed by atoms with van der Waals surface area (Å²) in [5.41, 5.74) is 2.94. The molecular weight excluding hydrogens is 324 g/mol. The molecule has 0 amide bonds. The first-order valence-corrected chi connectivity index (χ1v) is 9.38. The van der Waals surface area contributed by atoms with Gasteiger partial charge in [-0.05, 0) is 42.7 Å². The fraction of sp³-hybridized carbons (Fsp3) is 0.333. The van der Waals surface area contributed by atoms with Crippen LogP contribution in [-0.2, 0) is 10.0 Å². The molecule has 1 unspecified atom stereocenters. The van der Waals surface area contributed by atoms with Gasteiger partial charge in [0.2, 0.25) is 10.0 Å². The van der Waals surface area contributed by atoms with E-state index in [0.29, 0.717) is 5.75 Å². The number of aryl methyl sites for hydroxylation is 1. The van der Waals surface area contributed by atoms with Crippen LogP contribution in [0.4, 0.5) is 5.69 Å². The van der Waals surface area contributed by atoms with Gasteiger partial charge in [-0.1, -0.05) is 24.3 Å². The zero-order valence-corrected chi connectivity index (χ0v) is 14.9. The first-order valence-electron chi connectivity index (χ1n) is 7.89. The van der Waals surface area contributed by atoms with E-state index in [4.69, 9.17) is 4.74 Å². The van der Waals surface area contributed by atoms with Crippen LogP contribution in [0.3, 0.4) is 0 Å². The maximum absolute atomic E-state index is 12.9. The average molecular weight is 346 g/mol. The summed E-state index contributed by atoms with van der Waals surface area (Å²) < 4.78 is 33.9. The van der Waals surface area contributed by atoms with E-state index in [1.54, 1.807) is 12.1 Å². The summed E-state index contributed by atoms with van der Waals surface area (Å²) in [6, 6.07) is 12.8. The van der Waals surface area contributed by atoms with Crippen LogP contribution >= 0.6 is 0 Å². The Bertz CT molecular complexity index is 849. The van der Waals surface area contributed by atoms with Crippen molar-refractivity contribution < 1.29 is 13.2 Å². The Kier molecular flexibility index (Phi) is 4.51. The highest BCUT2D eigenvalue weighted by atomic mass is 32.2. The third-order valence-electron chi connectivity index (χ3n) is 4.38.